The van der Waals surface area contributed by atoms with Crippen LogP contribution in [0.5, 0.6) is 5.75 Å². The Hall–Kier alpha value is -2.74. The van der Waals surface area contributed by atoms with Crippen molar-refractivity contribution >= 4 is 21.8 Å². The van der Waals surface area contributed by atoms with E-state index in [1.807, 2.05) is 55.5 Å². The summed E-state index contributed by atoms with van der Waals surface area (Å²) < 4.78 is 7.89. The van der Waals surface area contributed by atoms with Gasteiger partial charge in [0.25, 0.3) is 0 Å². The zero-order chi connectivity index (χ0) is 20.1. The van der Waals surface area contributed by atoms with Crippen molar-refractivity contribution in [3.63, 3.8) is 0 Å². The minimum absolute atomic E-state index is 0.0428. The quantitative estimate of drug-likeness (QED) is 0.560. The minimum Gasteiger partial charge on any atom is -0.496 e. The fraction of sp³-hybridized carbons (Fsp3) is 0.300. The zero-order valence-corrected chi connectivity index (χ0v) is 17.6. The summed E-state index contributed by atoms with van der Waals surface area (Å²) in [6.07, 6.45) is 0.459. The highest BCUT2D eigenvalue weighted by Crippen LogP contribution is 2.25. The number of nitrogens with zero attached hydrogens (tertiary/aromatic N) is 5. The molecule has 0 aliphatic carbocycles. The van der Waals surface area contributed by atoms with E-state index in [-0.39, 0.29) is 18.5 Å². The van der Waals surface area contributed by atoms with Gasteiger partial charge < -0.3 is 9.64 Å². The maximum atomic E-state index is 12.8. The zero-order valence-electron chi connectivity index (χ0n) is 16.0. The first-order chi connectivity index (χ1) is 13.5. The van der Waals surface area contributed by atoms with E-state index in [9.17, 15) is 4.79 Å². The molecule has 1 heterocycles. The predicted molar refractivity (Wildman–Crippen MR) is 109 cm³/mol. The van der Waals surface area contributed by atoms with Crippen molar-refractivity contribution in [2.75, 3.05) is 14.2 Å². The second-order valence-electron chi connectivity index (χ2n) is 6.48. The Bertz CT molecular complexity index is 945. The molecule has 2 aromatic carbocycles. The Morgan fingerprint density at radius 2 is 2.00 bits per heavy atom. The number of amides is 1. The van der Waals surface area contributed by atoms with Crippen molar-refractivity contribution < 1.29 is 9.53 Å². The van der Waals surface area contributed by atoms with Crippen molar-refractivity contribution in [2.24, 2.45) is 0 Å². The number of likely N-dealkylation sites (N-methyl/N-ethyl adjacent to an activating group) is 1. The third-order valence-electron chi connectivity index (χ3n) is 4.74. The normalized spacial score (nSPS) is 11.9. The number of hydrogen-bond acceptors (Lipinski definition) is 5. The summed E-state index contributed by atoms with van der Waals surface area (Å²) in [5.41, 5.74) is 2.01. The van der Waals surface area contributed by atoms with E-state index in [1.54, 1.807) is 19.1 Å². The Kier molecular flexibility index (Phi) is 6.41. The third kappa shape index (κ3) is 4.56. The number of rotatable bonds is 7. The Labute approximate surface area is 172 Å². The average molecular weight is 444 g/mol. The van der Waals surface area contributed by atoms with Crippen LogP contribution in [0, 0.1) is 0 Å². The molecule has 0 bridgehead atoms. The van der Waals surface area contributed by atoms with Gasteiger partial charge in [-0.15, -0.1) is 5.10 Å². The molecule has 146 valence electrons. The van der Waals surface area contributed by atoms with Gasteiger partial charge in [0.2, 0.25) is 5.91 Å². The summed E-state index contributed by atoms with van der Waals surface area (Å²) in [7, 11) is 3.42. The van der Waals surface area contributed by atoms with Crippen LogP contribution in [0.15, 0.2) is 53.0 Å². The maximum Gasteiger partial charge on any atom is 0.244 e. The summed E-state index contributed by atoms with van der Waals surface area (Å²) in [6.45, 7) is 2.08. The largest absolute Gasteiger partial charge is 0.496 e. The highest BCUT2D eigenvalue weighted by Gasteiger charge is 2.20. The van der Waals surface area contributed by atoms with Crippen molar-refractivity contribution in [1.82, 2.24) is 25.1 Å². The van der Waals surface area contributed by atoms with Crippen LogP contribution in [-0.2, 0) is 17.8 Å². The lowest BCUT2D eigenvalue weighted by Crippen LogP contribution is -2.33. The Balaban J connectivity index is 1.73. The summed E-state index contributed by atoms with van der Waals surface area (Å²) in [5.74, 6) is 1.29. The number of methoxy groups -OCH3 is 1. The van der Waals surface area contributed by atoms with Crippen LogP contribution in [0.2, 0.25) is 0 Å². The topological polar surface area (TPSA) is 73.1 Å². The highest BCUT2D eigenvalue weighted by atomic mass is 79.9. The first-order valence-corrected chi connectivity index (χ1v) is 9.67. The molecule has 8 heteroatoms. The molecule has 0 N–H and O–H groups in total. The lowest BCUT2D eigenvalue weighted by molar-refractivity contribution is -0.132. The fourth-order valence-electron chi connectivity index (χ4n) is 2.94. The van der Waals surface area contributed by atoms with E-state index in [0.717, 1.165) is 21.3 Å². The molecule has 1 amide bonds. The number of carbonyl (C=O) groups excluding carboxylic acids is 1. The predicted octanol–water partition coefficient (Wildman–Crippen LogP) is 3.25. The first kappa shape index (κ1) is 20.0. The van der Waals surface area contributed by atoms with Gasteiger partial charge in [-0.25, -0.2) is 4.68 Å². The van der Waals surface area contributed by atoms with Crippen molar-refractivity contribution in [3.05, 3.63) is 70.0 Å². The molecule has 0 spiro atoms. The molecule has 1 atom stereocenters. The van der Waals surface area contributed by atoms with Crippen LogP contribution in [0.25, 0.3) is 0 Å². The van der Waals surface area contributed by atoms with Gasteiger partial charge in [-0.2, -0.15) is 0 Å². The molecule has 0 saturated carbocycles. The summed E-state index contributed by atoms with van der Waals surface area (Å²) in [6, 6.07) is 15.6. The van der Waals surface area contributed by atoms with Gasteiger partial charge >= 0.3 is 0 Å². The molecule has 3 aromatic rings. The standard InChI is InChI=1S/C20H22BrN5O2/c1-14(15-7-5-4-6-8-15)25(2)20(27)13-26-19(22-23-24-26)12-16-11-17(21)9-10-18(16)28-3/h4-11,14H,12-13H2,1-3H3/t14-/m0/s1. The number of tetrazole rings is 1. The van der Waals surface area contributed by atoms with Gasteiger partial charge in [0.1, 0.15) is 12.3 Å². The molecule has 28 heavy (non-hydrogen) atoms. The van der Waals surface area contributed by atoms with Crippen molar-refractivity contribution in [3.8, 4) is 5.75 Å². The van der Waals surface area contributed by atoms with E-state index < -0.39 is 0 Å². The van der Waals surface area contributed by atoms with E-state index in [2.05, 4.69) is 31.5 Å². The van der Waals surface area contributed by atoms with Gasteiger partial charge in [-0.3, -0.25) is 4.79 Å². The van der Waals surface area contributed by atoms with E-state index in [1.165, 1.54) is 4.68 Å². The van der Waals surface area contributed by atoms with Crippen molar-refractivity contribution in [1.29, 1.82) is 0 Å². The van der Waals surface area contributed by atoms with E-state index in [4.69, 9.17) is 4.74 Å². The van der Waals surface area contributed by atoms with Crippen LogP contribution in [-0.4, -0.2) is 45.2 Å². The van der Waals surface area contributed by atoms with Gasteiger partial charge in [-0.05, 0) is 41.1 Å². The second-order valence-corrected chi connectivity index (χ2v) is 7.39. The molecule has 0 radical (unpaired) electrons. The number of ether oxygens (including phenoxy) is 1. The van der Waals surface area contributed by atoms with E-state index in [0.29, 0.717) is 12.2 Å². The van der Waals surface area contributed by atoms with Gasteiger partial charge in [0.15, 0.2) is 5.82 Å². The molecular weight excluding hydrogens is 422 g/mol. The van der Waals surface area contributed by atoms with Crippen LogP contribution < -0.4 is 4.74 Å². The number of aromatic nitrogens is 4. The summed E-state index contributed by atoms with van der Waals surface area (Å²) in [5, 5.41) is 11.8. The Morgan fingerprint density at radius 1 is 1.25 bits per heavy atom. The Morgan fingerprint density at radius 3 is 2.71 bits per heavy atom. The highest BCUT2D eigenvalue weighted by molar-refractivity contribution is 9.10. The monoisotopic (exact) mass is 443 g/mol. The van der Waals surface area contributed by atoms with Crippen LogP contribution in [0.4, 0.5) is 0 Å². The molecule has 0 saturated heterocycles. The maximum absolute atomic E-state index is 12.8. The van der Waals surface area contributed by atoms with Gasteiger partial charge in [-0.1, -0.05) is 46.3 Å². The molecule has 0 aliphatic rings. The molecular formula is C20H22BrN5O2. The van der Waals surface area contributed by atoms with Crippen LogP contribution >= 0.6 is 15.9 Å². The fourth-order valence-corrected chi connectivity index (χ4v) is 3.35. The van der Waals surface area contributed by atoms with Crippen LogP contribution in [0.3, 0.4) is 0 Å². The SMILES string of the molecule is COc1ccc(Br)cc1Cc1nnnn1CC(=O)N(C)[C@@H](C)c1ccccc1. The molecule has 0 aliphatic heterocycles. The summed E-state index contributed by atoms with van der Waals surface area (Å²) >= 11 is 3.47. The number of halogens is 1. The smallest absolute Gasteiger partial charge is 0.244 e. The average Bonchev–Trinajstić information content (AvgIpc) is 3.14. The van der Waals surface area contributed by atoms with Gasteiger partial charge in [0.05, 0.1) is 13.2 Å². The third-order valence-corrected chi connectivity index (χ3v) is 5.23. The minimum atomic E-state index is -0.0638. The van der Waals surface area contributed by atoms with Crippen LogP contribution in [0.1, 0.15) is 29.9 Å². The molecule has 3 rings (SSSR count). The first-order valence-electron chi connectivity index (χ1n) is 8.87. The summed E-state index contributed by atoms with van der Waals surface area (Å²) in [4.78, 5) is 14.5. The molecule has 0 fully saturated rings. The number of hydrogen-bond donors (Lipinski definition) is 0. The lowest BCUT2D eigenvalue weighted by Gasteiger charge is -2.25. The second kappa shape index (κ2) is 8.97. The number of benzene rings is 2. The van der Waals surface area contributed by atoms with Gasteiger partial charge in [0, 0.05) is 23.5 Å². The molecule has 1 aromatic heterocycles. The van der Waals surface area contributed by atoms with E-state index >= 15 is 0 Å². The lowest BCUT2D eigenvalue weighted by atomic mass is 10.1. The molecule has 7 nitrogen and oxygen atoms in total. The van der Waals surface area contributed by atoms with Crippen molar-refractivity contribution in [2.45, 2.75) is 25.9 Å². The molecule has 0 unspecified atom stereocenters. The number of carbonyl (C=O) groups is 1.